The van der Waals surface area contributed by atoms with Crippen molar-refractivity contribution in [3.63, 3.8) is 0 Å². The minimum absolute atomic E-state index is 0.0504. The molecule has 2 fully saturated rings. The van der Waals surface area contributed by atoms with Gasteiger partial charge in [0.1, 0.15) is 48.3 Å². The van der Waals surface area contributed by atoms with E-state index in [9.17, 15) is 63.3 Å². The minimum atomic E-state index is -1.69. The number of thiol groups is 1. The van der Waals surface area contributed by atoms with E-state index < -0.39 is 145 Å². The summed E-state index contributed by atoms with van der Waals surface area (Å²) >= 11 is 4.10. The Bertz CT molecular complexity index is 2020. The van der Waals surface area contributed by atoms with Crippen LogP contribution >= 0.6 is 12.6 Å². The van der Waals surface area contributed by atoms with Gasteiger partial charge in [-0.3, -0.25) is 43.2 Å². The summed E-state index contributed by atoms with van der Waals surface area (Å²) in [5, 5.41) is 45.2. The first-order chi connectivity index (χ1) is 33.7. The van der Waals surface area contributed by atoms with Crippen molar-refractivity contribution in [1.29, 1.82) is 0 Å². The highest BCUT2D eigenvalue weighted by Gasteiger charge is 2.42. The number of nitrogens with two attached hydrogens (primary N) is 2. The van der Waals surface area contributed by atoms with E-state index in [2.05, 4.69) is 44.5 Å². The van der Waals surface area contributed by atoms with Crippen LogP contribution in [0.2, 0.25) is 0 Å². The maximum atomic E-state index is 14.2. The standard InChI is InChI=1S/C47H74N10O13S/c1-5-27(4)38(47(69)70)55-43(65)35-17-12-22-57(35)46(68)31(18-19-36(59)60)51-40(62)32(23-28-13-7-6-8-14-28)52-41(63)33(24-58)53-44(66)37(26(2)3)54-39(61)30(15-9-10-20-48)50-42(64)34-16-11-21-56(34)45(67)29(49)25-71/h6-8,13-14,26-27,29-35,37-38,58,71H,5,9-12,15-25,48-49H2,1-4H3,(H,50,64)(H,51,62)(H,52,63)(H,53,66)(H,54,61)(H,55,65)(H,59,60)(H,69,70)/t27-,29-,30-,31-,32-,33-,34-,35-,37-,38-/m0/s1. The number of hydrogen-bond acceptors (Lipinski definition) is 14. The third kappa shape index (κ3) is 17.8. The van der Waals surface area contributed by atoms with Crippen molar-refractivity contribution in [2.75, 3.05) is 32.0 Å². The number of aliphatic carboxylic acids is 2. The van der Waals surface area contributed by atoms with E-state index in [0.717, 1.165) is 0 Å². The summed E-state index contributed by atoms with van der Waals surface area (Å²) in [5.41, 5.74) is 12.1. The number of aliphatic hydroxyl groups is 1. The Morgan fingerprint density at radius 2 is 1.24 bits per heavy atom. The van der Waals surface area contributed by atoms with Crippen molar-refractivity contribution >= 4 is 71.8 Å². The SMILES string of the molecule is CC[C@H](C)[C@H](NC(=O)[C@@H]1CCCN1C(=O)[C@H](CCC(=O)O)NC(=O)[C@H](Cc1ccccc1)NC(=O)[C@H](CO)NC(=O)[C@@H](NC(=O)[C@H](CCCCN)NC(=O)[C@@H]1CCCN1C(=O)[C@@H](N)CS)C(C)C)C(=O)O. The molecule has 0 unspecified atom stereocenters. The summed E-state index contributed by atoms with van der Waals surface area (Å²) in [6, 6.07) is -2.96. The maximum absolute atomic E-state index is 14.2. The number of carboxylic acids is 2. The highest BCUT2D eigenvalue weighted by Crippen LogP contribution is 2.22. The maximum Gasteiger partial charge on any atom is 0.326 e. The third-order valence-electron chi connectivity index (χ3n) is 12.8. The van der Waals surface area contributed by atoms with Gasteiger partial charge in [-0.1, -0.05) is 64.4 Å². The lowest BCUT2D eigenvalue weighted by molar-refractivity contribution is -0.146. The average molecular weight is 1020 g/mol. The number of nitrogens with one attached hydrogen (secondary N) is 6. The quantitative estimate of drug-likeness (QED) is 0.0310. The second-order valence-corrected chi connectivity index (χ2v) is 18.8. The van der Waals surface area contributed by atoms with Crippen LogP contribution in [0.15, 0.2) is 30.3 Å². The molecule has 396 valence electrons. The zero-order valence-corrected chi connectivity index (χ0v) is 41.9. The summed E-state index contributed by atoms with van der Waals surface area (Å²) in [4.78, 5) is 136. The Labute approximate surface area is 419 Å². The molecule has 0 radical (unpaired) electrons. The van der Waals surface area contributed by atoms with Gasteiger partial charge in [-0.2, -0.15) is 12.6 Å². The summed E-state index contributed by atoms with van der Waals surface area (Å²) in [7, 11) is 0. The molecule has 71 heavy (non-hydrogen) atoms. The molecule has 1 aromatic carbocycles. The van der Waals surface area contributed by atoms with Crippen LogP contribution < -0.4 is 43.4 Å². The number of unbranched alkanes of at least 4 members (excludes halogenated alkanes) is 1. The number of amides is 8. The molecule has 10 atom stereocenters. The predicted octanol–water partition coefficient (Wildman–Crippen LogP) is -1.85. The molecule has 1 aromatic rings. The fraction of sp³-hybridized carbons (Fsp3) is 0.660. The lowest BCUT2D eigenvalue weighted by Gasteiger charge is -2.31. The van der Waals surface area contributed by atoms with E-state index >= 15 is 0 Å². The molecule has 23 nitrogen and oxygen atoms in total. The van der Waals surface area contributed by atoms with Crippen LogP contribution in [-0.2, 0) is 54.4 Å². The summed E-state index contributed by atoms with van der Waals surface area (Å²) in [6.07, 6.45) is 1.74. The van der Waals surface area contributed by atoms with Crippen LogP contribution in [0, 0.1) is 11.8 Å². The summed E-state index contributed by atoms with van der Waals surface area (Å²) in [5.74, 6) is -9.69. The number of likely N-dealkylation sites (tertiary alicyclic amines) is 2. The van der Waals surface area contributed by atoms with Crippen LogP contribution in [0.1, 0.15) is 97.5 Å². The van der Waals surface area contributed by atoms with Gasteiger partial charge in [-0.25, -0.2) is 4.79 Å². The van der Waals surface area contributed by atoms with Crippen molar-refractivity contribution in [1.82, 2.24) is 41.7 Å². The molecule has 13 N–H and O–H groups in total. The molecule has 0 bridgehead atoms. The lowest BCUT2D eigenvalue weighted by atomic mass is 9.98. The zero-order valence-electron chi connectivity index (χ0n) is 41.0. The number of benzene rings is 1. The van der Waals surface area contributed by atoms with E-state index in [0.29, 0.717) is 57.2 Å². The van der Waals surface area contributed by atoms with Gasteiger partial charge < -0.3 is 68.5 Å². The first-order valence-corrected chi connectivity index (χ1v) is 24.9. The van der Waals surface area contributed by atoms with Gasteiger partial charge in [-0.15, -0.1) is 0 Å². The third-order valence-corrected chi connectivity index (χ3v) is 13.2. The number of carbonyl (C=O) groups is 10. The van der Waals surface area contributed by atoms with Gasteiger partial charge in [0.25, 0.3) is 0 Å². The van der Waals surface area contributed by atoms with Gasteiger partial charge in [0, 0.05) is 31.7 Å². The molecule has 3 rings (SSSR count). The number of hydrogen-bond donors (Lipinski definition) is 12. The monoisotopic (exact) mass is 1020 g/mol. The predicted molar refractivity (Wildman–Crippen MR) is 262 cm³/mol. The molecule has 0 spiro atoms. The Morgan fingerprint density at radius 1 is 0.690 bits per heavy atom. The molecular weight excluding hydrogens is 945 g/mol. The minimum Gasteiger partial charge on any atom is -0.481 e. The lowest BCUT2D eigenvalue weighted by Crippen LogP contribution is -2.61. The first kappa shape index (κ1) is 59.5. The fourth-order valence-electron chi connectivity index (χ4n) is 8.43. The number of rotatable bonds is 29. The van der Waals surface area contributed by atoms with Gasteiger partial charge in [0.15, 0.2) is 0 Å². The van der Waals surface area contributed by atoms with Crippen LogP contribution in [0.25, 0.3) is 0 Å². The van der Waals surface area contributed by atoms with E-state index in [1.807, 2.05) is 0 Å². The van der Waals surface area contributed by atoms with Crippen molar-refractivity contribution in [3.05, 3.63) is 35.9 Å². The van der Waals surface area contributed by atoms with Gasteiger partial charge in [-0.05, 0) is 75.3 Å². The second kappa shape index (κ2) is 29.5. The molecule has 0 saturated carbocycles. The fourth-order valence-corrected chi connectivity index (χ4v) is 8.59. The number of nitrogens with zero attached hydrogens (tertiary/aromatic N) is 2. The first-order valence-electron chi connectivity index (χ1n) is 24.3. The van der Waals surface area contributed by atoms with Crippen LogP contribution in [0.4, 0.5) is 0 Å². The molecule has 0 aliphatic carbocycles. The number of aliphatic hydroxyl groups excluding tert-OH is 1. The molecule has 2 saturated heterocycles. The normalized spacial score (nSPS) is 18.9. The molecule has 2 aliphatic heterocycles. The zero-order chi connectivity index (χ0) is 52.9. The Hall–Kier alpha value is -5.85. The smallest absolute Gasteiger partial charge is 0.326 e. The summed E-state index contributed by atoms with van der Waals surface area (Å²) < 4.78 is 0. The molecular formula is C47H74N10O13S. The van der Waals surface area contributed by atoms with Crippen molar-refractivity contribution in [2.24, 2.45) is 23.3 Å². The van der Waals surface area contributed by atoms with E-state index in [1.165, 1.54) is 9.80 Å². The largest absolute Gasteiger partial charge is 0.481 e. The van der Waals surface area contributed by atoms with Crippen molar-refractivity contribution < 1.29 is 63.3 Å². The average Bonchev–Trinajstić information content (AvgIpc) is 4.05. The number of carbonyl (C=O) groups excluding carboxylic acids is 8. The van der Waals surface area contributed by atoms with Crippen LogP contribution in [-0.4, -0.2) is 171 Å². The molecule has 24 heteroatoms. The number of carboxylic acid groups (broad SMARTS) is 2. The molecule has 2 aliphatic rings. The van der Waals surface area contributed by atoms with Crippen LogP contribution in [0.5, 0.6) is 0 Å². The topological polar surface area (TPSA) is 362 Å². The van der Waals surface area contributed by atoms with Crippen molar-refractivity contribution in [3.8, 4) is 0 Å². The molecule has 8 amide bonds. The Morgan fingerprint density at radius 3 is 1.77 bits per heavy atom. The highest BCUT2D eigenvalue weighted by molar-refractivity contribution is 7.80. The van der Waals surface area contributed by atoms with Gasteiger partial charge in [0.2, 0.25) is 47.3 Å². The van der Waals surface area contributed by atoms with Crippen molar-refractivity contribution in [2.45, 2.75) is 153 Å². The summed E-state index contributed by atoms with van der Waals surface area (Å²) in [6.45, 7) is 6.34. The Balaban J connectivity index is 1.83. The molecule has 2 heterocycles. The van der Waals surface area contributed by atoms with Crippen LogP contribution in [0.3, 0.4) is 0 Å². The van der Waals surface area contributed by atoms with E-state index in [4.69, 9.17) is 11.5 Å². The van der Waals surface area contributed by atoms with E-state index in [-0.39, 0.29) is 31.6 Å². The Kier molecular flexibility index (Phi) is 24.7. The molecule has 0 aromatic heterocycles. The van der Waals surface area contributed by atoms with E-state index in [1.54, 1.807) is 58.0 Å². The highest BCUT2D eigenvalue weighted by atomic mass is 32.1. The van der Waals surface area contributed by atoms with Gasteiger partial charge in [0.05, 0.1) is 12.6 Å². The second-order valence-electron chi connectivity index (χ2n) is 18.4. The van der Waals surface area contributed by atoms with Gasteiger partial charge >= 0.3 is 11.9 Å².